The van der Waals surface area contributed by atoms with Crippen LogP contribution in [0.15, 0.2) is 11.6 Å². The van der Waals surface area contributed by atoms with Crippen molar-refractivity contribution in [1.29, 1.82) is 0 Å². The number of anilines is 1. The quantitative estimate of drug-likeness (QED) is 0.392. The number of rotatable bonds is 9. The van der Waals surface area contributed by atoms with E-state index in [2.05, 4.69) is 0 Å². The van der Waals surface area contributed by atoms with Crippen molar-refractivity contribution in [3.05, 3.63) is 33.9 Å². The third kappa shape index (κ3) is 5.85. The second-order valence-electron chi connectivity index (χ2n) is 7.75. The van der Waals surface area contributed by atoms with E-state index in [0.717, 1.165) is 12.6 Å². The number of cyclic esters (lactones) is 1. The van der Waals surface area contributed by atoms with Gasteiger partial charge in [-0.25, -0.2) is 4.79 Å². The smallest absolute Gasteiger partial charge is 0.471 e. The van der Waals surface area contributed by atoms with Crippen molar-refractivity contribution in [2.45, 2.75) is 59.2 Å². The summed E-state index contributed by atoms with van der Waals surface area (Å²) in [5, 5.41) is 0. The van der Waals surface area contributed by atoms with E-state index in [-0.39, 0.29) is 48.0 Å². The van der Waals surface area contributed by atoms with Gasteiger partial charge in [0.25, 0.3) is 0 Å². The van der Waals surface area contributed by atoms with Gasteiger partial charge in [0.2, 0.25) is 0 Å². The Morgan fingerprint density at radius 1 is 1.24 bits per heavy atom. The minimum Gasteiger partial charge on any atom is -0.496 e. The average molecular weight is 471 g/mol. The number of carbonyl (C=O) groups excluding carboxylic acids is 3. The number of hydrogen-bond acceptors (Lipinski definition) is 6. The third-order valence-corrected chi connectivity index (χ3v) is 5.38. The number of hydrogen-bond donors (Lipinski definition) is 0. The molecular weight excluding hydrogens is 443 g/mol. The molecule has 0 N–H and O–H groups in total. The molecule has 1 heterocycles. The zero-order chi connectivity index (χ0) is 24.9. The number of ether oxygens (including phenoxy) is 3. The number of benzene rings is 1. The van der Waals surface area contributed by atoms with Crippen LogP contribution in [0.3, 0.4) is 0 Å². The second-order valence-corrected chi connectivity index (χ2v) is 7.75. The van der Waals surface area contributed by atoms with Gasteiger partial charge in [-0.05, 0) is 38.7 Å². The van der Waals surface area contributed by atoms with E-state index in [1.54, 1.807) is 19.9 Å². The van der Waals surface area contributed by atoms with Crippen LogP contribution in [0.2, 0.25) is 0 Å². The lowest BCUT2D eigenvalue weighted by atomic mass is 9.92. The van der Waals surface area contributed by atoms with Crippen molar-refractivity contribution in [1.82, 2.24) is 0 Å². The summed E-state index contributed by atoms with van der Waals surface area (Å²) in [6, 6.07) is 0. The van der Waals surface area contributed by atoms with Gasteiger partial charge in [0.15, 0.2) is 0 Å². The van der Waals surface area contributed by atoms with Crippen LogP contribution in [0.1, 0.15) is 60.2 Å². The first-order valence-corrected chi connectivity index (χ1v) is 10.5. The zero-order valence-corrected chi connectivity index (χ0v) is 19.4. The van der Waals surface area contributed by atoms with Crippen molar-refractivity contribution >= 4 is 23.5 Å². The monoisotopic (exact) mass is 471 g/mol. The lowest BCUT2D eigenvalue weighted by molar-refractivity contribution is -0.170. The normalized spacial score (nSPS) is 13.5. The number of alkyl halides is 3. The number of carbonyl (C=O) groups is 3. The Kier molecular flexibility index (Phi) is 8.51. The summed E-state index contributed by atoms with van der Waals surface area (Å²) in [4.78, 5) is 36.6. The minimum absolute atomic E-state index is 0.0717. The summed E-state index contributed by atoms with van der Waals surface area (Å²) in [5.74, 6) is -2.98. The minimum atomic E-state index is -5.13. The van der Waals surface area contributed by atoms with E-state index in [1.807, 2.05) is 6.92 Å². The number of esters is 2. The van der Waals surface area contributed by atoms with Crippen molar-refractivity contribution in [3.63, 3.8) is 0 Å². The predicted molar refractivity (Wildman–Crippen MR) is 114 cm³/mol. The molecule has 10 heteroatoms. The van der Waals surface area contributed by atoms with E-state index in [1.165, 1.54) is 7.11 Å². The van der Waals surface area contributed by atoms with Crippen molar-refractivity contribution in [2.24, 2.45) is 0 Å². The summed E-state index contributed by atoms with van der Waals surface area (Å²) in [6.45, 7) is 5.56. The fourth-order valence-electron chi connectivity index (χ4n) is 3.66. The molecule has 182 valence electrons. The summed E-state index contributed by atoms with van der Waals surface area (Å²) < 4.78 is 55.2. The number of methoxy groups -OCH3 is 1. The Labute approximate surface area is 190 Å². The SMILES string of the molecule is CCCOC(=O)CCC(C)=CCc1c(OC)c(C)c2c(c1N(C)C(=O)C(F)(F)F)C(=O)OC2. The van der Waals surface area contributed by atoms with Crippen LogP contribution in [-0.4, -0.2) is 44.8 Å². The maximum Gasteiger partial charge on any atom is 0.471 e. The number of nitrogens with zero attached hydrogens (tertiary/aromatic N) is 1. The average Bonchev–Trinajstić information content (AvgIpc) is 3.14. The van der Waals surface area contributed by atoms with E-state index < -0.39 is 18.1 Å². The van der Waals surface area contributed by atoms with Crippen LogP contribution >= 0.6 is 0 Å². The molecule has 0 radical (unpaired) electrons. The Morgan fingerprint density at radius 2 is 1.91 bits per heavy atom. The molecule has 1 aromatic carbocycles. The van der Waals surface area contributed by atoms with Crippen LogP contribution in [-0.2, 0) is 32.1 Å². The van der Waals surface area contributed by atoms with Crippen LogP contribution in [0.5, 0.6) is 5.75 Å². The highest BCUT2D eigenvalue weighted by atomic mass is 19.4. The highest BCUT2D eigenvalue weighted by Crippen LogP contribution is 2.43. The first kappa shape index (κ1) is 26.2. The molecule has 0 aromatic heterocycles. The molecule has 1 aliphatic rings. The molecule has 0 spiro atoms. The largest absolute Gasteiger partial charge is 0.496 e. The molecule has 0 atom stereocenters. The van der Waals surface area contributed by atoms with Gasteiger partial charge in [-0.15, -0.1) is 0 Å². The van der Waals surface area contributed by atoms with Crippen LogP contribution in [0, 0.1) is 6.92 Å². The van der Waals surface area contributed by atoms with Crippen molar-refractivity contribution in [3.8, 4) is 5.75 Å². The van der Waals surface area contributed by atoms with Crippen LogP contribution in [0.4, 0.5) is 18.9 Å². The first-order valence-electron chi connectivity index (χ1n) is 10.5. The predicted octanol–water partition coefficient (Wildman–Crippen LogP) is 4.42. The highest BCUT2D eigenvalue weighted by molar-refractivity contribution is 6.07. The molecule has 7 nitrogen and oxygen atoms in total. The number of amides is 1. The van der Waals surface area contributed by atoms with Crippen LogP contribution in [0.25, 0.3) is 0 Å². The van der Waals surface area contributed by atoms with E-state index in [0.29, 0.717) is 35.5 Å². The van der Waals surface area contributed by atoms with Crippen molar-refractivity contribution in [2.75, 3.05) is 25.7 Å². The standard InChI is InChI=1S/C23H28F3NO6/c1-6-11-32-17(28)10-8-13(2)7-9-15-19(27(4)22(30)23(24,25)26)18-16(12-33-21(18)29)14(3)20(15)31-5/h7H,6,8-12H2,1-5H3. The molecule has 33 heavy (non-hydrogen) atoms. The third-order valence-electron chi connectivity index (χ3n) is 5.38. The Bertz CT molecular complexity index is 968. The summed E-state index contributed by atoms with van der Waals surface area (Å²) in [7, 11) is 2.33. The number of halogens is 3. The molecule has 0 fully saturated rings. The lowest BCUT2D eigenvalue weighted by Gasteiger charge is -2.26. The van der Waals surface area contributed by atoms with Gasteiger partial charge in [0.05, 0.1) is 25.0 Å². The van der Waals surface area contributed by atoms with E-state index >= 15 is 0 Å². The molecule has 0 saturated heterocycles. The lowest BCUT2D eigenvalue weighted by Crippen LogP contribution is -2.39. The van der Waals surface area contributed by atoms with Crippen molar-refractivity contribution < 1.29 is 41.8 Å². The zero-order valence-electron chi connectivity index (χ0n) is 19.4. The van der Waals surface area contributed by atoms with Gasteiger partial charge in [-0.2, -0.15) is 13.2 Å². The molecular formula is C23H28F3NO6. The number of fused-ring (bicyclic) bond motifs is 1. The van der Waals surface area contributed by atoms with Gasteiger partial charge >= 0.3 is 24.0 Å². The molecule has 0 aliphatic carbocycles. The van der Waals surface area contributed by atoms with Gasteiger partial charge in [0, 0.05) is 24.6 Å². The summed E-state index contributed by atoms with van der Waals surface area (Å²) >= 11 is 0. The second kappa shape index (κ2) is 10.7. The van der Waals surface area contributed by atoms with E-state index in [4.69, 9.17) is 14.2 Å². The van der Waals surface area contributed by atoms with Gasteiger partial charge in [0.1, 0.15) is 12.4 Å². The molecule has 1 amide bonds. The Morgan fingerprint density at radius 3 is 2.48 bits per heavy atom. The maximum atomic E-state index is 13.2. The van der Waals surface area contributed by atoms with Gasteiger partial charge < -0.3 is 19.1 Å². The molecule has 0 unspecified atom stereocenters. The molecule has 1 aliphatic heterocycles. The van der Waals surface area contributed by atoms with Crippen LogP contribution < -0.4 is 9.64 Å². The fourth-order valence-corrected chi connectivity index (χ4v) is 3.66. The molecule has 2 rings (SSSR count). The van der Waals surface area contributed by atoms with Gasteiger partial charge in [-0.1, -0.05) is 18.6 Å². The summed E-state index contributed by atoms with van der Waals surface area (Å²) in [5.41, 5.74) is 1.72. The molecule has 0 bridgehead atoms. The van der Waals surface area contributed by atoms with E-state index in [9.17, 15) is 27.6 Å². The van der Waals surface area contributed by atoms with Gasteiger partial charge in [-0.3, -0.25) is 9.59 Å². The topological polar surface area (TPSA) is 82.1 Å². The molecule has 1 aromatic rings. The Hall–Kier alpha value is -3.04. The molecule has 0 saturated carbocycles. The fraction of sp³-hybridized carbons (Fsp3) is 0.522. The maximum absolute atomic E-state index is 13.2. The number of allylic oxidation sites excluding steroid dienone is 2. The summed E-state index contributed by atoms with van der Waals surface area (Å²) in [6.07, 6.45) is -2.06. The first-order chi connectivity index (χ1) is 15.4. The Balaban J connectivity index is 2.49. The highest BCUT2D eigenvalue weighted by Gasteiger charge is 2.44.